The van der Waals surface area contributed by atoms with Gasteiger partial charge in [-0.05, 0) is 43.2 Å². The first kappa shape index (κ1) is 20.2. The number of benzene rings is 1. The number of pyridine rings is 1. The van der Waals surface area contributed by atoms with E-state index in [4.69, 9.17) is 0 Å². The van der Waals surface area contributed by atoms with Crippen LogP contribution >= 0.6 is 11.3 Å². The molecule has 0 spiro atoms. The number of nitrogens with one attached hydrogen (secondary N) is 2. The van der Waals surface area contributed by atoms with Gasteiger partial charge in [-0.1, -0.05) is 18.2 Å². The van der Waals surface area contributed by atoms with E-state index >= 15 is 0 Å². The van der Waals surface area contributed by atoms with E-state index in [0.717, 1.165) is 40.4 Å². The van der Waals surface area contributed by atoms with Crippen molar-refractivity contribution in [1.29, 1.82) is 0 Å². The average Bonchev–Trinajstić information content (AvgIpc) is 3.13. The Morgan fingerprint density at radius 3 is 2.80 bits per heavy atom. The summed E-state index contributed by atoms with van der Waals surface area (Å²) in [5.41, 5.74) is 4.44. The maximum Gasteiger partial charge on any atom is 0.276 e. The summed E-state index contributed by atoms with van der Waals surface area (Å²) >= 11 is 1.45. The molecule has 0 atom stereocenters. The zero-order valence-electron chi connectivity index (χ0n) is 16.9. The van der Waals surface area contributed by atoms with Gasteiger partial charge in [-0.25, -0.2) is 4.98 Å². The predicted octanol–water partition coefficient (Wildman–Crippen LogP) is 3.40. The molecule has 2 N–H and O–H groups in total. The van der Waals surface area contributed by atoms with Crippen LogP contribution in [0.4, 0.5) is 10.8 Å². The van der Waals surface area contributed by atoms with Crippen LogP contribution < -0.4 is 10.6 Å². The third kappa shape index (κ3) is 4.55. The van der Waals surface area contributed by atoms with Gasteiger partial charge in [0.25, 0.3) is 5.91 Å². The molecular weight excluding hydrogens is 398 g/mol. The van der Waals surface area contributed by atoms with E-state index in [2.05, 4.69) is 25.5 Å². The lowest BCUT2D eigenvalue weighted by atomic mass is 10.1. The van der Waals surface area contributed by atoms with Crippen molar-refractivity contribution in [2.24, 2.45) is 0 Å². The van der Waals surface area contributed by atoms with Crippen LogP contribution in [-0.4, -0.2) is 39.8 Å². The fourth-order valence-electron chi connectivity index (χ4n) is 3.37. The summed E-state index contributed by atoms with van der Waals surface area (Å²) < 4.78 is 0. The van der Waals surface area contributed by atoms with E-state index in [0.29, 0.717) is 23.9 Å². The van der Waals surface area contributed by atoms with Gasteiger partial charge in [0.1, 0.15) is 5.69 Å². The summed E-state index contributed by atoms with van der Waals surface area (Å²) in [6.07, 6.45) is 2.34. The molecule has 0 aliphatic carbocycles. The molecule has 1 aromatic carbocycles. The van der Waals surface area contributed by atoms with Crippen molar-refractivity contribution in [1.82, 2.24) is 14.9 Å². The van der Waals surface area contributed by atoms with Crippen molar-refractivity contribution in [2.75, 3.05) is 23.7 Å². The monoisotopic (exact) mass is 421 g/mol. The Labute approximate surface area is 179 Å². The second kappa shape index (κ2) is 8.73. The van der Waals surface area contributed by atoms with Gasteiger partial charge in [0.05, 0.1) is 12.2 Å². The van der Waals surface area contributed by atoms with Gasteiger partial charge in [0.15, 0.2) is 5.13 Å². The topological polar surface area (TPSA) is 87.2 Å². The second-order valence-corrected chi connectivity index (χ2v) is 8.40. The molecule has 0 unspecified atom stereocenters. The van der Waals surface area contributed by atoms with Crippen LogP contribution in [0.5, 0.6) is 0 Å². The summed E-state index contributed by atoms with van der Waals surface area (Å²) in [5, 5.41) is 6.41. The Balaban J connectivity index is 1.36. The molecule has 7 nitrogen and oxygen atoms in total. The van der Waals surface area contributed by atoms with Gasteiger partial charge in [-0.3, -0.25) is 24.8 Å². The number of rotatable bonds is 5. The van der Waals surface area contributed by atoms with Crippen LogP contribution in [0.1, 0.15) is 32.2 Å². The van der Waals surface area contributed by atoms with Gasteiger partial charge in [0.2, 0.25) is 5.91 Å². The number of anilines is 2. The minimum Gasteiger partial charge on any atom is -0.325 e. The Morgan fingerprint density at radius 1 is 1.13 bits per heavy atom. The maximum atomic E-state index is 12.5. The summed E-state index contributed by atoms with van der Waals surface area (Å²) in [6.45, 7) is 5.76. The number of carbonyl (C=O) groups is 2. The van der Waals surface area contributed by atoms with E-state index in [9.17, 15) is 9.59 Å². The molecule has 0 radical (unpaired) electrons. The minimum atomic E-state index is -0.272. The Morgan fingerprint density at radius 2 is 2.00 bits per heavy atom. The molecule has 0 bridgehead atoms. The molecule has 154 valence electrons. The molecule has 30 heavy (non-hydrogen) atoms. The van der Waals surface area contributed by atoms with Crippen molar-refractivity contribution < 1.29 is 9.59 Å². The van der Waals surface area contributed by atoms with Crippen molar-refractivity contribution in [2.45, 2.75) is 26.8 Å². The van der Waals surface area contributed by atoms with E-state index in [1.54, 1.807) is 24.4 Å². The highest BCUT2D eigenvalue weighted by atomic mass is 32.1. The fraction of sp³-hybridized carbons (Fsp3) is 0.273. The first-order chi connectivity index (χ1) is 14.5. The van der Waals surface area contributed by atoms with Crippen molar-refractivity contribution in [3.8, 4) is 0 Å². The number of aromatic nitrogens is 2. The van der Waals surface area contributed by atoms with Gasteiger partial charge < -0.3 is 5.32 Å². The van der Waals surface area contributed by atoms with Gasteiger partial charge in [-0.15, -0.1) is 11.3 Å². The van der Waals surface area contributed by atoms with Crippen LogP contribution in [0.2, 0.25) is 0 Å². The number of thiazole rings is 1. The number of hydrogen-bond acceptors (Lipinski definition) is 6. The zero-order chi connectivity index (χ0) is 21.1. The van der Waals surface area contributed by atoms with Gasteiger partial charge >= 0.3 is 0 Å². The summed E-state index contributed by atoms with van der Waals surface area (Å²) in [5.74, 6) is -0.299. The van der Waals surface area contributed by atoms with Crippen molar-refractivity contribution >= 4 is 34.0 Å². The van der Waals surface area contributed by atoms with Gasteiger partial charge in [0, 0.05) is 36.3 Å². The van der Waals surface area contributed by atoms with Crippen molar-refractivity contribution in [3.05, 3.63) is 70.0 Å². The lowest BCUT2D eigenvalue weighted by Crippen LogP contribution is -2.36. The minimum absolute atomic E-state index is 0.0275. The smallest absolute Gasteiger partial charge is 0.276 e. The molecule has 1 aliphatic heterocycles. The average molecular weight is 422 g/mol. The molecule has 1 aliphatic rings. The lowest BCUT2D eigenvalue weighted by molar-refractivity contribution is -0.117. The van der Waals surface area contributed by atoms with Crippen LogP contribution in [0.3, 0.4) is 0 Å². The molecule has 2 amide bonds. The standard InChI is InChI=1S/C22H23N5O2S/c1-14-6-5-8-16(15(14)2)24-20(28)13-27-11-9-17-19(12-27)30-22(25-17)26-21(29)18-7-3-4-10-23-18/h3-8,10H,9,11-13H2,1-2H3,(H,24,28)(H,25,26,29). The van der Waals surface area contributed by atoms with Crippen molar-refractivity contribution in [3.63, 3.8) is 0 Å². The predicted molar refractivity (Wildman–Crippen MR) is 118 cm³/mol. The quantitative estimate of drug-likeness (QED) is 0.659. The number of aryl methyl sites for hydroxylation is 1. The Kier molecular flexibility index (Phi) is 5.87. The van der Waals surface area contributed by atoms with E-state index in [1.807, 2.05) is 32.0 Å². The normalized spacial score (nSPS) is 13.5. The van der Waals surface area contributed by atoms with Crippen LogP contribution in [0.15, 0.2) is 42.6 Å². The fourth-order valence-corrected chi connectivity index (χ4v) is 4.42. The highest BCUT2D eigenvalue weighted by Crippen LogP contribution is 2.28. The molecule has 4 rings (SSSR count). The SMILES string of the molecule is Cc1cccc(NC(=O)CN2CCc3nc(NC(=O)c4ccccn4)sc3C2)c1C. The molecule has 8 heteroatoms. The molecular formula is C22H23N5O2S. The second-order valence-electron chi connectivity index (χ2n) is 7.31. The maximum absolute atomic E-state index is 12.5. The molecule has 0 saturated heterocycles. The number of nitrogens with zero attached hydrogens (tertiary/aromatic N) is 3. The van der Waals surface area contributed by atoms with Crippen LogP contribution in [-0.2, 0) is 17.8 Å². The van der Waals surface area contributed by atoms with E-state index in [-0.39, 0.29) is 11.8 Å². The number of carbonyl (C=O) groups excluding carboxylic acids is 2. The first-order valence-electron chi connectivity index (χ1n) is 9.79. The first-order valence-corrected chi connectivity index (χ1v) is 10.6. The van der Waals surface area contributed by atoms with Crippen LogP contribution in [0.25, 0.3) is 0 Å². The third-order valence-corrected chi connectivity index (χ3v) is 6.17. The summed E-state index contributed by atoms with van der Waals surface area (Å²) in [4.78, 5) is 36.6. The third-order valence-electron chi connectivity index (χ3n) is 5.17. The Hall–Kier alpha value is -3.10. The zero-order valence-corrected chi connectivity index (χ0v) is 17.8. The lowest BCUT2D eigenvalue weighted by Gasteiger charge is -2.25. The molecule has 0 fully saturated rings. The number of amides is 2. The number of hydrogen-bond donors (Lipinski definition) is 2. The summed E-state index contributed by atoms with van der Waals surface area (Å²) in [7, 11) is 0. The van der Waals surface area contributed by atoms with Crippen LogP contribution in [0, 0.1) is 13.8 Å². The molecule has 3 heterocycles. The summed E-state index contributed by atoms with van der Waals surface area (Å²) in [6, 6.07) is 11.1. The highest BCUT2D eigenvalue weighted by molar-refractivity contribution is 7.15. The molecule has 3 aromatic rings. The van der Waals surface area contributed by atoms with Gasteiger partial charge in [-0.2, -0.15) is 0 Å². The van der Waals surface area contributed by atoms with E-state index < -0.39 is 0 Å². The largest absolute Gasteiger partial charge is 0.325 e. The Bertz CT molecular complexity index is 1080. The molecule has 2 aromatic heterocycles. The highest BCUT2D eigenvalue weighted by Gasteiger charge is 2.23. The van der Waals surface area contributed by atoms with E-state index in [1.165, 1.54) is 11.3 Å². The molecule has 0 saturated carbocycles. The number of fused-ring (bicyclic) bond motifs is 1.